The van der Waals surface area contributed by atoms with E-state index in [0.29, 0.717) is 18.4 Å². The molecule has 10 heteroatoms. The maximum Gasteiger partial charge on any atom is 0.416 e. The molecule has 1 aliphatic heterocycles. The third kappa shape index (κ3) is 6.59. The van der Waals surface area contributed by atoms with E-state index in [1.54, 1.807) is 12.0 Å². The molecule has 2 aliphatic rings. The molecule has 4 rings (SSSR count). The minimum atomic E-state index is -4.52. The molecular formula is C32H41F3N2O5. The van der Waals surface area contributed by atoms with Crippen LogP contribution in [0.4, 0.5) is 13.2 Å². The second kappa shape index (κ2) is 12.6. The number of benzene rings is 2. The Bertz CT molecular complexity index is 1250. The summed E-state index contributed by atoms with van der Waals surface area (Å²) in [6, 6.07) is 10.4. The SMILES string of the molecule is COc1cc(C(F)(F)F)ccc1CN[C@@H]1[C@@H](C(C)(C)C)[C@H](C(=O)O)N(C(=O)[C@@H]2CCC[C@@H](OC)C2)[C@@H]1c1ccccc1. The van der Waals surface area contributed by atoms with Crippen molar-refractivity contribution in [2.45, 2.75) is 83.4 Å². The van der Waals surface area contributed by atoms with Gasteiger partial charge in [0.1, 0.15) is 11.8 Å². The second-order valence-electron chi connectivity index (χ2n) is 12.4. The van der Waals surface area contributed by atoms with Gasteiger partial charge in [-0.1, -0.05) is 63.6 Å². The molecule has 0 aromatic heterocycles. The summed E-state index contributed by atoms with van der Waals surface area (Å²) in [5, 5.41) is 14.1. The van der Waals surface area contributed by atoms with Crippen molar-refractivity contribution in [3.8, 4) is 5.75 Å². The Balaban J connectivity index is 1.78. The zero-order valence-corrected chi connectivity index (χ0v) is 24.8. The van der Waals surface area contributed by atoms with Crippen LogP contribution in [-0.4, -0.2) is 54.3 Å². The van der Waals surface area contributed by atoms with E-state index < -0.39 is 47.2 Å². The fourth-order valence-corrected chi connectivity index (χ4v) is 6.82. The summed E-state index contributed by atoms with van der Waals surface area (Å²) in [5.74, 6) is -2.10. The molecule has 6 atom stereocenters. The molecule has 7 nitrogen and oxygen atoms in total. The quantitative estimate of drug-likeness (QED) is 0.388. The lowest BCUT2D eigenvalue weighted by atomic mass is 9.72. The summed E-state index contributed by atoms with van der Waals surface area (Å²) < 4.78 is 50.9. The van der Waals surface area contributed by atoms with Gasteiger partial charge < -0.3 is 24.8 Å². The van der Waals surface area contributed by atoms with Gasteiger partial charge in [0.2, 0.25) is 5.91 Å². The zero-order valence-electron chi connectivity index (χ0n) is 24.8. The molecule has 1 heterocycles. The van der Waals surface area contributed by atoms with Gasteiger partial charge in [0.15, 0.2) is 0 Å². The van der Waals surface area contributed by atoms with Gasteiger partial charge in [0.25, 0.3) is 0 Å². The highest BCUT2D eigenvalue weighted by molar-refractivity contribution is 5.87. The van der Waals surface area contributed by atoms with Crippen LogP contribution in [0.1, 0.15) is 69.2 Å². The molecule has 2 fully saturated rings. The molecule has 2 aromatic carbocycles. The Morgan fingerprint density at radius 3 is 2.31 bits per heavy atom. The van der Waals surface area contributed by atoms with E-state index in [0.717, 1.165) is 30.5 Å². The molecule has 230 valence electrons. The Kier molecular flexibility index (Phi) is 9.57. The number of nitrogens with zero attached hydrogens (tertiary/aromatic N) is 1. The van der Waals surface area contributed by atoms with E-state index in [9.17, 15) is 27.9 Å². The third-order valence-electron chi connectivity index (χ3n) is 8.77. The van der Waals surface area contributed by atoms with Crippen molar-refractivity contribution in [1.29, 1.82) is 0 Å². The lowest BCUT2D eigenvalue weighted by Gasteiger charge is -2.36. The molecule has 2 N–H and O–H groups in total. The predicted octanol–water partition coefficient (Wildman–Crippen LogP) is 6.08. The van der Waals surface area contributed by atoms with E-state index >= 15 is 0 Å². The maximum absolute atomic E-state index is 14.3. The number of aliphatic carboxylic acids is 1. The van der Waals surface area contributed by atoms with Gasteiger partial charge in [-0.25, -0.2) is 4.79 Å². The minimum absolute atomic E-state index is 0.0618. The highest BCUT2D eigenvalue weighted by atomic mass is 19.4. The van der Waals surface area contributed by atoms with Gasteiger partial charge in [-0.2, -0.15) is 13.2 Å². The first kappa shape index (κ1) is 31.8. The lowest BCUT2D eigenvalue weighted by molar-refractivity contribution is -0.155. The van der Waals surface area contributed by atoms with Crippen molar-refractivity contribution in [2.24, 2.45) is 17.3 Å². The Morgan fingerprint density at radius 1 is 1.05 bits per heavy atom. The number of carboxylic acids is 1. The standard InChI is InChI=1S/C32H41F3N2O5/c1-31(2,3)25-26(36-18-21-14-15-22(32(33,34)35)17-24(21)42-5)27(19-10-7-6-8-11-19)37(28(25)30(39)40)29(38)20-12-9-13-23(16-20)41-4/h6-8,10-11,14-15,17,20,23,25-28,36H,9,12-13,16,18H2,1-5H3,(H,39,40)/t20-,23-,25-,26-,27-,28-/m1/s1. The molecular weight excluding hydrogens is 549 g/mol. The molecule has 0 unspecified atom stereocenters. The van der Waals surface area contributed by atoms with Crippen molar-refractivity contribution < 1.29 is 37.3 Å². The summed E-state index contributed by atoms with van der Waals surface area (Å²) in [7, 11) is 2.95. The first-order valence-corrected chi connectivity index (χ1v) is 14.4. The number of likely N-dealkylation sites (tertiary alicyclic amines) is 1. The molecule has 1 saturated carbocycles. The van der Waals surface area contributed by atoms with Crippen LogP contribution in [0.2, 0.25) is 0 Å². The third-order valence-corrected chi connectivity index (χ3v) is 8.77. The number of carbonyl (C=O) groups excluding carboxylic acids is 1. The molecule has 42 heavy (non-hydrogen) atoms. The van der Waals surface area contributed by atoms with Crippen LogP contribution in [-0.2, 0) is 27.0 Å². The van der Waals surface area contributed by atoms with Crippen molar-refractivity contribution in [2.75, 3.05) is 14.2 Å². The summed E-state index contributed by atoms with van der Waals surface area (Å²) >= 11 is 0. The fraction of sp³-hybridized carbons (Fsp3) is 0.562. The first-order valence-electron chi connectivity index (χ1n) is 14.4. The van der Waals surface area contributed by atoms with Crippen molar-refractivity contribution >= 4 is 11.9 Å². The number of amides is 1. The topological polar surface area (TPSA) is 88.1 Å². The predicted molar refractivity (Wildman–Crippen MR) is 152 cm³/mol. The smallest absolute Gasteiger partial charge is 0.416 e. The normalized spacial score (nSPS) is 26.7. The lowest BCUT2D eigenvalue weighted by Crippen LogP contribution is -2.49. The fourth-order valence-electron chi connectivity index (χ4n) is 6.82. The number of hydrogen-bond donors (Lipinski definition) is 2. The van der Waals surface area contributed by atoms with Crippen LogP contribution in [0, 0.1) is 17.3 Å². The molecule has 1 aliphatic carbocycles. The van der Waals surface area contributed by atoms with Crippen LogP contribution in [0.15, 0.2) is 48.5 Å². The molecule has 2 aromatic rings. The van der Waals surface area contributed by atoms with E-state index in [-0.39, 0.29) is 30.2 Å². The van der Waals surface area contributed by atoms with E-state index in [1.165, 1.54) is 13.2 Å². The van der Waals surface area contributed by atoms with Crippen molar-refractivity contribution in [1.82, 2.24) is 10.2 Å². The highest BCUT2D eigenvalue weighted by Crippen LogP contribution is 2.49. The summed E-state index contributed by atoms with van der Waals surface area (Å²) in [6.07, 6.45) is -1.72. The summed E-state index contributed by atoms with van der Waals surface area (Å²) in [6.45, 7) is 5.99. The number of halogens is 3. The van der Waals surface area contributed by atoms with Crippen LogP contribution >= 0.6 is 0 Å². The molecule has 1 saturated heterocycles. The Morgan fingerprint density at radius 2 is 1.74 bits per heavy atom. The molecule has 1 amide bonds. The zero-order chi connectivity index (χ0) is 30.8. The number of carbonyl (C=O) groups is 2. The van der Waals surface area contributed by atoms with Crippen LogP contribution in [0.5, 0.6) is 5.75 Å². The van der Waals surface area contributed by atoms with Crippen molar-refractivity contribution in [3.05, 3.63) is 65.2 Å². The van der Waals surface area contributed by atoms with E-state index in [1.807, 2.05) is 51.1 Å². The van der Waals surface area contributed by atoms with E-state index in [2.05, 4.69) is 5.32 Å². The van der Waals surface area contributed by atoms with Gasteiger partial charge >= 0.3 is 12.1 Å². The van der Waals surface area contributed by atoms with Gasteiger partial charge in [-0.3, -0.25) is 4.79 Å². The average molecular weight is 591 g/mol. The number of hydrogen-bond acceptors (Lipinski definition) is 5. The minimum Gasteiger partial charge on any atom is -0.496 e. The maximum atomic E-state index is 14.3. The number of alkyl halides is 3. The van der Waals surface area contributed by atoms with Gasteiger partial charge in [0, 0.05) is 37.1 Å². The Labute approximate surface area is 245 Å². The summed E-state index contributed by atoms with van der Waals surface area (Å²) in [4.78, 5) is 28.9. The number of methoxy groups -OCH3 is 2. The van der Waals surface area contributed by atoms with Gasteiger partial charge in [-0.05, 0) is 42.4 Å². The van der Waals surface area contributed by atoms with Crippen molar-refractivity contribution in [3.63, 3.8) is 0 Å². The van der Waals surface area contributed by atoms with Gasteiger partial charge in [0.05, 0.1) is 24.8 Å². The number of carboxylic acid groups (broad SMARTS) is 1. The average Bonchev–Trinajstić information content (AvgIpc) is 3.31. The molecule has 0 radical (unpaired) electrons. The van der Waals surface area contributed by atoms with Crippen LogP contribution < -0.4 is 10.1 Å². The Hall–Kier alpha value is -3.11. The van der Waals surface area contributed by atoms with Gasteiger partial charge in [-0.15, -0.1) is 0 Å². The number of rotatable bonds is 8. The van der Waals surface area contributed by atoms with Crippen LogP contribution in [0.25, 0.3) is 0 Å². The van der Waals surface area contributed by atoms with E-state index in [4.69, 9.17) is 9.47 Å². The molecule has 0 spiro atoms. The second-order valence-corrected chi connectivity index (χ2v) is 12.4. The summed E-state index contributed by atoms with van der Waals surface area (Å²) in [5.41, 5.74) is -0.0748. The largest absolute Gasteiger partial charge is 0.496 e. The monoisotopic (exact) mass is 590 g/mol. The number of nitrogens with one attached hydrogen (secondary N) is 1. The first-order chi connectivity index (χ1) is 19.8. The van der Waals surface area contributed by atoms with Crippen LogP contribution in [0.3, 0.4) is 0 Å². The highest BCUT2D eigenvalue weighted by Gasteiger charge is 2.58. The molecule has 0 bridgehead atoms. The number of ether oxygens (including phenoxy) is 2.